The second-order valence-electron chi connectivity index (χ2n) is 6.21. The van der Waals surface area contributed by atoms with Crippen LogP contribution in [0.3, 0.4) is 0 Å². The molecule has 0 aliphatic carbocycles. The van der Waals surface area contributed by atoms with Gasteiger partial charge in [-0.15, -0.1) is 0 Å². The summed E-state index contributed by atoms with van der Waals surface area (Å²) in [4.78, 5) is 2.65. The normalized spacial score (nSPS) is 21.3. The minimum absolute atomic E-state index is 0.380. The Morgan fingerprint density at radius 1 is 1.06 bits per heavy atom. The summed E-state index contributed by atoms with van der Waals surface area (Å²) in [5.74, 6) is 0.955. The molecule has 1 heterocycles. The number of ether oxygens (including phenoxy) is 1. The van der Waals surface area contributed by atoms with Gasteiger partial charge in [0.15, 0.2) is 0 Å². The minimum atomic E-state index is 0.380. The monoisotopic (exact) mass is 255 g/mol. The summed E-state index contributed by atoms with van der Waals surface area (Å²) in [6.45, 7) is 11.4. The molecule has 2 nitrogen and oxygen atoms in total. The van der Waals surface area contributed by atoms with E-state index in [1.54, 1.807) is 0 Å². The van der Waals surface area contributed by atoms with Crippen LogP contribution in [0.2, 0.25) is 0 Å². The van der Waals surface area contributed by atoms with Crippen LogP contribution in [0, 0.1) is 5.92 Å². The Morgan fingerprint density at radius 3 is 2.22 bits per heavy atom. The smallest absolute Gasteiger partial charge is 0.0518 e. The van der Waals surface area contributed by atoms with Crippen molar-refractivity contribution >= 4 is 0 Å². The molecule has 1 aliphatic heterocycles. The van der Waals surface area contributed by atoms with Crippen molar-refractivity contribution in [2.45, 2.75) is 71.8 Å². The van der Waals surface area contributed by atoms with E-state index in [-0.39, 0.29) is 0 Å². The highest BCUT2D eigenvalue weighted by Crippen LogP contribution is 2.17. The van der Waals surface area contributed by atoms with Crippen molar-refractivity contribution in [3.05, 3.63) is 0 Å². The SMILES string of the molecule is CC1CCCCN(CCCOC(C)C)CCCC1. The molecule has 0 saturated carbocycles. The summed E-state index contributed by atoms with van der Waals surface area (Å²) in [5, 5.41) is 0. The summed E-state index contributed by atoms with van der Waals surface area (Å²) in [5.41, 5.74) is 0. The molecule has 0 spiro atoms. The van der Waals surface area contributed by atoms with Crippen LogP contribution < -0.4 is 0 Å². The maximum Gasteiger partial charge on any atom is 0.0518 e. The van der Waals surface area contributed by atoms with Crippen LogP contribution in [-0.4, -0.2) is 37.2 Å². The van der Waals surface area contributed by atoms with E-state index in [0.29, 0.717) is 6.10 Å². The van der Waals surface area contributed by atoms with Crippen LogP contribution in [0.25, 0.3) is 0 Å². The van der Waals surface area contributed by atoms with Gasteiger partial charge in [-0.25, -0.2) is 0 Å². The first-order valence-corrected chi connectivity index (χ1v) is 8.02. The quantitative estimate of drug-likeness (QED) is 0.686. The molecule has 18 heavy (non-hydrogen) atoms. The molecule has 0 unspecified atom stereocenters. The molecule has 1 fully saturated rings. The second kappa shape index (κ2) is 9.80. The fraction of sp³-hybridized carbons (Fsp3) is 1.00. The van der Waals surface area contributed by atoms with E-state index in [1.807, 2.05) is 0 Å². The molecule has 0 N–H and O–H groups in total. The zero-order valence-electron chi connectivity index (χ0n) is 12.8. The van der Waals surface area contributed by atoms with E-state index in [4.69, 9.17) is 4.74 Å². The third-order valence-electron chi connectivity index (χ3n) is 3.91. The van der Waals surface area contributed by atoms with E-state index >= 15 is 0 Å². The van der Waals surface area contributed by atoms with Crippen LogP contribution >= 0.6 is 0 Å². The van der Waals surface area contributed by atoms with Gasteiger partial charge in [-0.3, -0.25) is 0 Å². The molecule has 2 heteroatoms. The number of rotatable bonds is 5. The molecule has 0 amide bonds. The van der Waals surface area contributed by atoms with Crippen LogP contribution in [-0.2, 0) is 4.74 Å². The zero-order chi connectivity index (χ0) is 13.2. The van der Waals surface area contributed by atoms with E-state index in [2.05, 4.69) is 25.7 Å². The summed E-state index contributed by atoms with van der Waals surface area (Å²) in [6.07, 6.45) is 10.0. The lowest BCUT2D eigenvalue weighted by molar-refractivity contribution is 0.0700. The summed E-state index contributed by atoms with van der Waals surface area (Å²) in [6, 6.07) is 0. The predicted molar refractivity (Wildman–Crippen MR) is 79.0 cm³/mol. The van der Waals surface area contributed by atoms with Crippen molar-refractivity contribution in [3.63, 3.8) is 0 Å². The van der Waals surface area contributed by atoms with Gasteiger partial charge in [-0.2, -0.15) is 0 Å². The zero-order valence-corrected chi connectivity index (χ0v) is 12.8. The van der Waals surface area contributed by atoms with Gasteiger partial charge < -0.3 is 9.64 Å². The van der Waals surface area contributed by atoms with Gasteiger partial charge in [0.25, 0.3) is 0 Å². The molecular weight excluding hydrogens is 222 g/mol. The van der Waals surface area contributed by atoms with Crippen molar-refractivity contribution in [2.75, 3.05) is 26.2 Å². The topological polar surface area (TPSA) is 12.5 Å². The molecule has 0 aromatic heterocycles. The highest BCUT2D eigenvalue weighted by atomic mass is 16.5. The van der Waals surface area contributed by atoms with Crippen molar-refractivity contribution in [2.24, 2.45) is 5.92 Å². The second-order valence-corrected chi connectivity index (χ2v) is 6.21. The van der Waals surface area contributed by atoms with E-state index < -0.39 is 0 Å². The number of nitrogens with zero attached hydrogens (tertiary/aromatic N) is 1. The minimum Gasteiger partial charge on any atom is -0.379 e. The van der Waals surface area contributed by atoms with Crippen molar-refractivity contribution in [1.82, 2.24) is 4.90 Å². The summed E-state index contributed by atoms with van der Waals surface area (Å²) in [7, 11) is 0. The Hall–Kier alpha value is -0.0800. The van der Waals surface area contributed by atoms with Gasteiger partial charge >= 0.3 is 0 Å². The first-order chi connectivity index (χ1) is 8.68. The molecule has 0 atom stereocenters. The van der Waals surface area contributed by atoms with Gasteiger partial charge in [0, 0.05) is 13.2 Å². The lowest BCUT2D eigenvalue weighted by Gasteiger charge is -2.24. The number of hydrogen-bond acceptors (Lipinski definition) is 2. The number of hydrogen-bond donors (Lipinski definition) is 0. The fourth-order valence-corrected chi connectivity index (χ4v) is 2.74. The first kappa shape index (κ1) is 16.0. The van der Waals surface area contributed by atoms with Gasteiger partial charge in [0.05, 0.1) is 6.10 Å². The molecule has 0 aromatic rings. The predicted octanol–water partition coefficient (Wildman–Crippen LogP) is 4.09. The van der Waals surface area contributed by atoms with Crippen LogP contribution in [0.5, 0.6) is 0 Å². The van der Waals surface area contributed by atoms with Crippen LogP contribution in [0.4, 0.5) is 0 Å². The third kappa shape index (κ3) is 8.10. The lowest BCUT2D eigenvalue weighted by Crippen LogP contribution is -2.29. The average Bonchev–Trinajstić information content (AvgIpc) is 2.34. The van der Waals surface area contributed by atoms with Crippen molar-refractivity contribution in [1.29, 1.82) is 0 Å². The Morgan fingerprint density at radius 2 is 1.67 bits per heavy atom. The molecule has 0 aromatic carbocycles. The molecule has 1 saturated heterocycles. The van der Waals surface area contributed by atoms with Gasteiger partial charge in [-0.05, 0) is 52.1 Å². The maximum atomic E-state index is 5.62. The molecule has 108 valence electrons. The largest absolute Gasteiger partial charge is 0.379 e. The highest BCUT2D eigenvalue weighted by Gasteiger charge is 2.09. The third-order valence-corrected chi connectivity index (χ3v) is 3.91. The highest BCUT2D eigenvalue weighted by molar-refractivity contribution is 4.64. The van der Waals surface area contributed by atoms with Crippen LogP contribution in [0.1, 0.15) is 65.7 Å². The summed E-state index contributed by atoms with van der Waals surface area (Å²) < 4.78 is 5.62. The molecule has 1 aliphatic rings. The van der Waals surface area contributed by atoms with Gasteiger partial charge in [0.1, 0.15) is 0 Å². The Bertz CT molecular complexity index is 182. The Balaban J connectivity index is 2.14. The van der Waals surface area contributed by atoms with Crippen LogP contribution in [0.15, 0.2) is 0 Å². The summed E-state index contributed by atoms with van der Waals surface area (Å²) >= 11 is 0. The Labute approximate surface area is 114 Å². The molecule has 0 radical (unpaired) electrons. The lowest BCUT2D eigenvalue weighted by atomic mass is 9.96. The van der Waals surface area contributed by atoms with E-state index in [0.717, 1.165) is 12.5 Å². The van der Waals surface area contributed by atoms with E-state index in [1.165, 1.54) is 64.6 Å². The van der Waals surface area contributed by atoms with Gasteiger partial charge in [-0.1, -0.05) is 32.6 Å². The van der Waals surface area contributed by atoms with Crippen molar-refractivity contribution in [3.8, 4) is 0 Å². The van der Waals surface area contributed by atoms with Gasteiger partial charge in [0.2, 0.25) is 0 Å². The maximum absolute atomic E-state index is 5.62. The van der Waals surface area contributed by atoms with Crippen molar-refractivity contribution < 1.29 is 4.74 Å². The fourth-order valence-electron chi connectivity index (χ4n) is 2.74. The molecule has 0 bridgehead atoms. The Kier molecular flexibility index (Phi) is 8.70. The van der Waals surface area contributed by atoms with E-state index in [9.17, 15) is 0 Å². The average molecular weight is 255 g/mol. The molecular formula is C16H33NO. The first-order valence-electron chi connectivity index (χ1n) is 8.02. The standard InChI is InChI=1S/C16H33NO/c1-15(2)18-14-8-13-17-11-6-4-9-16(3)10-5-7-12-17/h15-16H,4-14H2,1-3H3. The molecule has 1 rings (SSSR count).